The molecule has 168 valence electrons. The van der Waals surface area contributed by atoms with Gasteiger partial charge in [0.05, 0.1) is 11.6 Å². The largest absolute Gasteiger partial charge is 0.507 e. The number of ketones is 1. The molecule has 1 atom stereocenters. The van der Waals surface area contributed by atoms with Crippen LogP contribution in [0.25, 0.3) is 5.76 Å². The molecule has 1 aliphatic rings. The monoisotopic (exact) mass is 438 g/mol. The molecule has 0 aliphatic carbocycles. The second-order valence-corrected chi connectivity index (χ2v) is 7.93. The molecule has 2 aromatic rings. The second-order valence-electron chi connectivity index (χ2n) is 7.93. The van der Waals surface area contributed by atoms with Gasteiger partial charge < -0.3 is 19.6 Å². The molecule has 1 heterocycles. The van der Waals surface area contributed by atoms with Gasteiger partial charge in [0, 0.05) is 18.7 Å². The Labute approximate surface area is 187 Å². The van der Waals surface area contributed by atoms with Crippen molar-refractivity contribution in [1.82, 2.24) is 9.80 Å². The number of aryl methyl sites for hydroxylation is 1. The summed E-state index contributed by atoms with van der Waals surface area (Å²) in [5.41, 5.74) is 1.69. The van der Waals surface area contributed by atoms with E-state index in [4.69, 9.17) is 4.74 Å². The molecule has 1 amide bonds. The number of Topliss-reactive ketones (excluding diaryl/α,β-unsaturated/α-hetero) is 1. The van der Waals surface area contributed by atoms with E-state index in [0.717, 1.165) is 5.56 Å². The van der Waals surface area contributed by atoms with Gasteiger partial charge in [0.2, 0.25) is 0 Å². The number of aliphatic hydroxyl groups is 1. The molecule has 0 radical (unpaired) electrons. The van der Waals surface area contributed by atoms with Gasteiger partial charge in [0.15, 0.2) is 0 Å². The first-order chi connectivity index (χ1) is 15.2. The fourth-order valence-electron chi connectivity index (χ4n) is 3.67. The lowest BCUT2D eigenvalue weighted by Gasteiger charge is -2.26. The molecule has 2 aromatic carbocycles. The summed E-state index contributed by atoms with van der Waals surface area (Å²) in [6, 6.07) is 9.82. The van der Waals surface area contributed by atoms with Gasteiger partial charge in [-0.1, -0.05) is 24.8 Å². The third-order valence-corrected chi connectivity index (χ3v) is 5.32. The number of hydrogen-bond donors (Lipinski definition) is 1. The summed E-state index contributed by atoms with van der Waals surface area (Å²) < 4.78 is 19.1. The third-order valence-electron chi connectivity index (χ3n) is 5.32. The number of likely N-dealkylation sites (tertiary alicyclic amines) is 1. The fourth-order valence-corrected chi connectivity index (χ4v) is 3.67. The maximum atomic E-state index is 13.5. The highest BCUT2D eigenvalue weighted by Crippen LogP contribution is 2.39. The Kier molecular flexibility index (Phi) is 7.10. The number of carbonyl (C=O) groups is 2. The summed E-state index contributed by atoms with van der Waals surface area (Å²) in [4.78, 5) is 29.2. The first-order valence-electron chi connectivity index (χ1n) is 10.3. The summed E-state index contributed by atoms with van der Waals surface area (Å²) in [6.45, 7) is 6.59. The molecular weight excluding hydrogens is 411 g/mol. The van der Waals surface area contributed by atoms with E-state index in [9.17, 15) is 19.1 Å². The van der Waals surface area contributed by atoms with Crippen LogP contribution in [0.15, 0.2) is 60.7 Å². The van der Waals surface area contributed by atoms with Crippen LogP contribution in [0.2, 0.25) is 0 Å². The Morgan fingerprint density at radius 2 is 1.91 bits per heavy atom. The van der Waals surface area contributed by atoms with Gasteiger partial charge in [-0.2, -0.15) is 0 Å². The van der Waals surface area contributed by atoms with E-state index in [1.807, 2.05) is 25.9 Å². The molecule has 0 spiro atoms. The topological polar surface area (TPSA) is 70.1 Å². The minimum Gasteiger partial charge on any atom is -0.507 e. The van der Waals surface area contributed by atoms with Crippen molar-refractivity contribution < 1.29 is 23.8 Å². The fraction of sp³-hybridized carbons (Fsp3) is 0.280. The van der Waals surface area contributed by atoms with E-state index in [1.54, 1.807) is 24.3 Å². The quantitative estimate of drug-likeness (QED) is 0.295. The molecule has 0 bridgehead atoms. The zero-order valence-corrected chi connectivity index (χ0v) is 18.5. The van der Waals surface area contributed by atoms with Crippen molar-refractivity contribution in [3.05, 3.63) is 83.2 Å². The number of hydrogen-bond acceptors (Lipinski definition) is 5. The minimum atomic E-state index is -0.812. The van der Waals surface area contributed by atoms with Crippen LogP contribution in [0.4, 0.5) is 4.39 Å². The molecule has 1 unspecified atom stereocenters. The summed E-state index contributed by atoms with van der Waals surface area (Å²) in [6.07, 6.45) is 1.63. The molecule has 3 rings (SSSR count). The van der Waals surface area contributed by atoms with Gasteiger partial charge in [-0.25, -0.2) is 4.39 Å². The number of amides is 1. The maximum absolute atomic E-state index is 13.5. The van der Waals surface area contributed by atoms with Gasteiger partial charge in [-0.05, 0) is 62.5 Å². The van der Waals surface area contributed by atoms with Gasteiger partial charge in [0.25, 0.3) is 11.7 Å². The van der Waals surface area contributed by atoms with Gasteiger partial charge >= 0.3 is 0 Å². The average Bonchev–Trinajstić information content (AvgIpc) is 3.01. The Morgan fingerprint density at radius 3 is 2.50 bits per heavy atom. The SMILES string of the molecule is C=CCOc1ccc(/C(O)=C2\C(=O)C(=O)N(CCN(C)C)C2c2ccc(F)cc2)cc1C. The highest BCUT2D eigenvalue weighted by Gasteiger charge is 2.45. The lowest BCUT2D eigenvalue weighted by molar-refractivity contribution is -0.140. The van der Waals surface area contributed by atoms with E-state index in [0.29, 0.717) is 30.0 Å². The predicted octanol–water partition coefficient (Wildman–Crippen LogP) is 3.68. The standard InChI is InChI=1S/C25H27FN2O4/c1-5-14-32-20-11-8-18(15-16(20)2)23(29)21-22(17-6-9-19(26)10-7-17)28(13-12-27(3)4)25(31)24(21)30/h5-11,15,22,29H,1,12-14H2,2-4H3/b23-21+. The Hall–Kier alpha value is -3.45. The van der Waals surface area contributed by atoms with Gasteiger partial charge in [-0.3, -0.25) is 9.59 Å². The summed E-state index contributed by atoms with van der Waals surface area (Å²) in [7, 11) is 3.73. The lowest BCUT2D eigenvalue weighted by atomic mass is 9.94. The molecule has 1 saturated heterocycles. The minimum absolute atomic E-state index is 0.0143. The van der Waals surface area contributed by atoms with Crippen LogP contribution < -0.4 is 4.74 Å². The molecule has 1 aliphatic heterocycles. The predicted molar refractivity (Wildman–Crippen MR) is 121 cm³/mol. The molecule has 32 heavy (non-hydrogen) atoms. The average molecular weight is 438 g/mol. The van der Waals surface area contributed by atoms with Crippen LogP contribution in [0.1, 0.15) is 22.7 Å². The van der Waals surface area contributed by atoms with E-state index >= 15 is 0 Å². The Bertz CT molecular complexity index is 1060. The normalized spacial score (nSPS) is 17.8. The molecule has 0 aromatic heterocycles. The van der Waals surface area contributed by atoms with Gasteiger partial charge in [0.1, 0.15) is 23.9 Å². The van der Waals surface area contributed by atoms with Crippen molar-refractivity contribution in [2.75, 3.05) is 33.8 Å². The first kappa shape index (κ1) is 23.2. The summed E-state index contributed by atoms with van der Waals surface area (Å²) in [5, 5.41) is 11.1. The van der Waals surface area contributed by atoms with Crippen molar-refractivity contribution in [2.45, 2.75) is 13.0 Å². The van der Waals surface area contributed by atoms with E-state index in [-0.39, 0.29) is 17.9 Å². The number of ether oxygens (including phenoxy) is 1. The Morgan fingerprint density at radius 1 is 1.22 bits per heavy atom. The highest BCUT2D eigenvalue weighted by atomic mass is 19.1. The first-order valence-corrected chi connectivity index (χ1v) is 10.3. The van der Waals surface area contributed by atoms with Crippen LogP contribution >= 0.6 is 0 Å². The molecule has 0 saturated carbocycles. The van der Waals surface area contributed by atoms with E-state index in [1.165, 1.54) is 29.2 Å². The number of rotatable bonds is 8. The zero-order valence-electron chi connectivity index (χ0n) is 18.5. The molecule has 7 heteroatoms. The number of aliphatic hydroxyl groups excluding tert-OH is 1. The van der Waals surface area contributed by atoms with Crippen molar-refractivity contribution in [1.29, 1.82) is 0 Å². The third kappa shape index (κ3) is 4.73. The lowest BCUT2D eigenvalue weighted by Crippen LogP contribution is -2.35. The van der Waals surface area contributed by atoms with Crippen LogP contribution in [-0.4, -0.2) is 60.4 Å². The molecule has 1 fully saturated rings. The summed E-state index contributed by atoms with van der Waals surface area (Å²) in [5.74, 6) is -1.53. The summed E-state index contributed by atoms with van der Waals surface area (Å²) >= 11 is 0. The van der Waals surface area contributed by atoms with Crippen molar-refractivity contribution in [3.63, 3.8) is 0 Å². The smallest absolute Gasteiger partial charge is 0.295 e. The van der Waals surface area contributed by atoms with Crippen LogP contribution in [0, 0.1) is 12.7 Å². The van der Waals surface area contributed by atoms with E-state index < -0.39 is 23.5 Å². The molecular formula is C25H27FN2O4. The van der Waals surface area contributed by atoms with Crippen molar-refractivity contribution >= 4 is 17.4 Å². The number of halogens is 1. The van der Waals surface area contributed by atoms with Crippen LogP contribution in [0.5, 0.6) is 5.75 Å². The Balaban J connectivity index is 2.09. The number of carbonyl (C=O) groups excluding carboxylic acids is 2. The maximum Gasteiger partial charge on any atom is 0.295 e. The molecule has 6 nitrogen and oxygen atoms in total. The number of benzene rings is 2. The zero-order chi connectivity index (χ0) is 23.4. The molecule has 1 N–H and O–H groups in total. The van der Waals surface area contributed by atoms with Crippen LogP contribution in [-0.2, 0) is 9.59 Å². The van der Waals surface area contributed by atoms with Gasteiger partial charge in [-0.15, -0.1) is 0 Å². The van der Waals surface area contributed by atoms with E-state index in [2.05, 4.69) is 6.58 Å². The highest BCUT2D eigenvalue weighted by molar-refractivity contribution is 6.46. The van der Waals surface area contributed by atoms with Crippen molar-refractivity contribution in [2.24, 2.45) is 0 Å². The van der Waals surface area contributed by atoms with Crippen molar-refractivity contribution in [3.8, 4) is 5.75 Å². The van der Waals surface area contributed by atoms with Crippen LogP contribution in [0.3, 0.4) is 0 Å². The number of nitrogens with zero attached hydrogens (tertiary/aromatic N) is 2. The number of likely N-dealkylation sites (N-methyl/N-ethyl adjacent to an activating group) is 1. The second kappa shape index (κ2) is 9.78.